The maximum absolute atomic E-state index is 12.5. The molecule has 43 heavy (non-hydrogen) atoms. The second kappa shape index (κ2) is 12.9. The van der Waals surface area contributed by atoms with E-state index < -0.39 is 23.5 Å². The summed E-state index contributed by atoms with van der Waals surface area (Å²) in [6, 6.07) is 20.0. The number of aliphatic hydroxyl groups is 2. The van der Waals surface area contributed by atoms with Gasteiger partial charge in [-0.15, -0.1) is 13.2 Å². The lowest BCUT2D eigenvalue weighted by atomic mass is 9.79. The van der Waals surface area contributed by atoms with Gasteiger partial charge in [0.1, 0.15) is 17.7 Å². The molecular weight excluding hydrogens is 561 g/mol. The van der Waals surface area contributed by atoms with Gasteiger partial charge in [-0.25, -0.2) is 14.8 Å². The van der Waals surface area contributed by atoms with E-state index in [-0.39, 0.29) is 11.7 Å². The van der Waals surface area contributed by atoms with E-state index in [0.717, 1.165) is 24.0 Å². The van der Waals surface area contributed by atoms with Crippen LogP contribution in [0, 0.1) is 5.92 Å². The number of esters is 1. The van der Waals surface area contributed by atoms with Gasteiger partial charge >= 0.3 is 12.3 Å². The van der Waals surface area contributed by atoms with Crippen LogP contribution in [0.5, 0.6) is 5.75 Å². The van der Waals surface area contributed by atoms with Crippen molar-refractivity contribution in [3.63, 3.8) is 0 Å². The minimum atomic E-state index is -4.75. The van der Waals surface area contributed by atoms with Crippen LogP contribution in [0.25, 0.3) is 11.1 Å². The molecule has 4 aromatic rings. The maximum atomic E-state index is 12.5. The van der Waals surface area contributed by atoms with Gasteiger partial charge in [0.15, 0.2) is 0 Å². The molecule has 0 amide bonds. The number of nitrogens with zero attached hydrogens (tertiary/aromatic N) is 2. The van der Waals surface area contributed by atoms with Gasteiger partial charge in [0.05, 0.1) is 6.61 Å². The van der Waals surface area contributed by atoms with E-state index in [0.29, 0.717) is 28.9 Å². The van der Waals surface area contributed by atoms with Crippen molar-refractivity contribution in [1.29, 1.82) is 0 Å². The highest BCUT2D eigenvalue weighted by Gasteiger charge is 2.49. The summed E-state index contributed by atoms with van der Waals surface area (Å²) in [4.78, 5) is 20.3. The third-order valence-corrected chi connectivity index (χ3v) is 7.31. The summed E-state index contributed by atoms with van der Waals surface area (Å²) in [7, 11) is 0. The van der Waals surface area contributed by atoms with Crippen molar-refractivity contribution in [2.45, 2.75) is 51.2 Å². The summed E-state index contributed by atoms with van der Waals surface area (Å²) in [5.41, 5.74) is 0.798. The molecule has 0 fully saturated rings. The molecule has 0 spiro atoms. The fourth-order valence-corrected chi connectivity index (χ4v) is 5.09. The third kappa shape index (κ3) is 6.55. The smallest absolute Gasteiger partial charge is 0.463 e. The molecule has 0 saturated carbocycles. The number of carbonyl (C=O) groups excluding carboxylic acids is 1. The molecule has 1 aromatic heterocycles. The standard InChI is InChI=1S/C18H18O3.C15H15F3N2O2/c1-2-3-12-21-17(19)18(20)15-10-6-4-8-13(15)14-9-5-7-11-16(14)18;1-10(2)14(21,12-7-19-9-20-8-12)11-3-5-13(6-4-11)22-15(16,17)18/h4-11,20H,2-3,12H2,1H3;3-10,21H,1-2H3. The summed E-state index contributed by atoms with van der Waals surface area (Å²) in [5, 5.41) is 22.1. The number of carbonyl (C=O) groups is 1. The number of halogens is 3. The molecule has 7 nitrogen and oxygen atoms in total. The summed E-state index contributed by atoms with van der Waals surface area (Å²) in [5.74, 6) is -1.17. The van der Waals surface area contributed by atoms with Gasteiger partial charge in [0, 0.05) is 29.1 Å². The lowest BCUT2D eigenvalue weighted by Gasteiger charge is -2.32. The van der Waals surface area contributed by atoms with Gasteiger partial charge in [-0.1, -0.05) is 87.9 Å². The Balaban J connectivity index is 0.000000197. The second-order valence-electron chi connectivity index (χ2n) is 10.4. The van der Waals surface area contributed by atoms with Crippen molar-refractivity contribution in [1.82, 2.24) is 9.97 Å². The molecule has 5 rings (SSSR count). The fraction of sp³-hybridized carbons (Fsp3) is 0.303. The number of benzene rings is 3. The van der Waals surface area contributed by atoms with Gasteiger partial charge in [0.2, 0.25) is 5.60 Å². The van der Waals surface area contributed by atoms with Crippen LogP contribution in [0.2, 0.25) is 0 Å². The zero-order valence-corrected chi connectivity index (χ0v) is 24.0. The Kier molecular flexibility index (Phi) is 9.52. The number of aromatic nitrogens is 2. The van der Waals surface area contributed by atoms with Crippen LogP contribution in [0.3, 0.4) is 0 Å². The van der Waals surface area contributed by atoms with Crippen LogP contribution < -0.4 is 4.74 Å². The van der Waals surface area contributed by atoms with Gasteiger partial charge in [-0.05, 0) is 41.2 Å². The molecule has 2 N–H and O–H groups in total. The van der Waals surface area contributed by atoms with E-state index in [2.05, 4.69) is 14.7 Å². The van der Waals surface area contributed by atoms with Gasteiger partial charge in [0.25, 0.3) is 0 Å². The Morgan fingerprint density at radius 2 is 1.42 bits per heavy atom. The van der Waals surface area contributed by atoms with E-state index >= 15 is 0 Å². The van der Waals surface area contributed by atoms with Crippen LogP contribution in [-0.4, -0.2) is 39.1 Å². The molecule has 0 aliphatic heterocycles. The largest absolute Gasteiger partial charge is 0.573 e. The number of hydrogen-bond acceptors (Lipinski definition) is 7. The predicted octanol–water partition coefficient (Wildman–Crippen LogP) is 6.51. The van der Waals surface area contributed by atoms with Crippen molar-refractivity contribution in [2.24, 2.45) is 5.92 Å². The molecule has 1 heterocycles. The summed E-state index contributed by atoms with van der Waals surface area (Å²) in [6.45, 7) is 5.96. The first-order valence-electron chi connectivity index (χ1n) is 13.9. The summed E-state index contributed by atoms with van der Waals surface area (Å²) in [6.07, 6.45) is 1.29. The van der Waals surface area contributed by atoms with Crippen LogP contribution in [0.15, 0.2) is 91.5 Å². The van der Waals surface area contributed by atoms with E-state index in [1.807, 2.05) is 43.3 Å². The highest BCUT2D eigenvalue weighted by Crippen LogP contribution is 2.47. The Labute approximate surface area is 248 Å². The fourth-order valence-electron chi connectivity index (χ4n) is 5.09. The molecule has 10 heteroatoms. The molecule has 1 aliphatic carbocycles. The van der Waals surface area contributed by atoms with Gasteiger partial charge in [-0.3, -0.25) is 0 Å². The molecule has 0 saturated heterocycles. The van der Waals surface area contributed by atoms with Crippen molar-refractivity contribution >= 4 is 5.97 Å². The first-order valence-corrected chi connectivity index (χ1v) is 13.9. The number of alkyl halides is 3. The van der Waals surface area contributed by atoms with Crippen molar-refractivity contribution in [2.75, 3.05) is 6.61 Å². The van der Waals surface area contributed by atoms with Crippen LogP contribution in [0.1, 0.15) is 55.9 Å². The molecule has 226 valence electrons. The van der Waals surface area contributed by atoms with Crippen LogP contribution in [0.4, 0.5) is 13.2 Å². The lowest BCUT2D eigenvalue weighted by molar-refractivity contribution is -0.274. The zero-order chi connectivity index (χ0) is 31.3. The Morgan fingerprint density at radius 1 is 0.884 bits per heavy atom. The monoisotopic (exact) mass is 594 g/mol. The minimum Gasteiger partial charge on any atom is -0.463 e. The number of fused-ring (bicyclic) bond motifs is 3. The average molecular weight is 595 g/mol. The topological polar surface area (TPSA) is 102 Å². The lowest BCUT2D eigenvalue weighted by Crippen LogP contribution is -2.36. The van der Waals surface area contributed by atoms with Crippen LogP contribution in [-0.2, 0) is 20.7 Å². The molecule has 1 unspecified atom stereocenters. The molecule has 0 radical (unpaired) electrons. The van der Waals surface area contributed by atoms with Crippen molar-refractivity contribution in [3.8, 4) is 16.9 Å². The molecule has 1 atom stereocenters. The normalized spacial score (nSPS) is 14.5. The third-order valence-electron chi connectivity index (χ3n) is 7.31. The summed E-state index contributed by atoms with van der Waals surface area (Å²) >= 11 is 0. The summed E-state index contributed by atoms with van der Waals surface area (Å²) < 4.78 is 45.7. The molecule has 3 aromatic carbocycles. The second-order valence-corrected chi connectivity index (χ2v) is 10.4. The van der Waals surface area contributed by atoms with E-state index in [9.17, 15) is 28.2 Å². The van der Waals surface area contributed by atoms with Gasteiger partial charge < -0.3 is 19.7 Å². The highest BCUT2D eigenvalue weighted by atomic mass is 19.4. The Morgan fingerprint density at radius 3 is 1.91 bits per heavy atom. The van der Waals surface area contributed by atoms with Crippen LogP contribution >= 0.6 is 0 Å². The maximum Gasteiger partial charge on any atom is 0.573 e. The number of hydrogen-bond donors (Lipinski definition) is 2. The first kappa shape index (κ1) is 31.7. The SMILES string of the molecule is CC(C)C(O)(c1ccc(OC(F)(F)F)cc1)c1cncnc1.CCCCOC(=O)C1(O)c2ccccc2-c2ccccc21. The average Bonchev–Trinajstić information content (AvgIpc) is 3.26. The van der Waals surface area contributed by atoms with Crippen molar-refractivity contribution in [3.05, 3.63) is 114 Å². The Hall–Kier alpha value is -4.28. The van der Waals surface area contributed by atoms with E-state index in [4.69, 9.17) is 4.74 Å². The van der Waals surface area contributed by atoms with Gasteiger partial charge in [-0.2, -0.15) is 0 Å². The van der Waals surface area contributed by atoms with E-state index in [1.54, 1.807) is 26.0 Å². The Bertz CT molecular complexity index is 1480. The molecule has 0 bridgehead atoms. The first-order chi connectivity index (χ1) is 20.4. The number of rotatable bonds is 8. The number of ether oxygens (including phenoxy) is 2. The minimum absolute atomic E-state index is 0.243. The molecular formula is C33H33F3N2O5. The van der Waals surface area contributed by atoms with Crippen molar-refractivity contribution < 1.29 is 37.7 Å². The van der Waals surface area contributed by atoms with E-state index in [1.165, 1.54) is 43.0 Å². The molecule has 1 aliphatic rings. The highest BCUT2D eigenvalue weighted by molar-refractivity contribution is 5.96. The quantitative estimate of drug-likeness (QED) is 0.177. The number of unbranched alkanes of at least 4 members (excludes halogenated alkanes) is 1. The predicted molar refractivity (Wildman–Crippen MR) is 154 cm³/mol. The zero-order valence-electron chi connectivity index (χ0n) is 24.0.